The number of rotatable bonds is 4. The lowest BCUT2D eigenvalue weighted by Crippen LogP contribution is -2.48. The summed E-state index contributed by atoms with van der Waals surface area (Å²) in [4.78, 5) is 34.8. The topological polar surface area (TPSA) is 111 Å². The monoisotopic (exact) mass is 374 g/mol. The summed E-state index contributed by atoms with van der Waals surface area (Å²) >= 11 is 0. The van der Waals surface area contributed by atoms with Crippen LogP contribution < -0.4 is 0 Å². The number of benzene rings is 1. The molecule has 8 heteroatoms. The smallest absolute Gasteiger partial charge is 0.414 e. The van der Waals surface area contributed by atoms with Gasteiger partial charge in [-0.05, 0) is 17.7 Å². The van der Waals surface area contributed by atoms with Gasteiger partial charge in [-0.1, -0.05) is 30.3 Å². The van der Waals surface area contributed by atoms with Crippen LogP contribution in [-0.4, -0.2) is 64.0 Å². The molecule has 0 saturated carbocycles. The highest BCUT2D eigenvalue weighted by Gasteiger charge is 2.21. The number of hydrogen-bond donors (Lipinski definition) is 2. The third-order valence-electron chi connectivity index (χ3n) is 4.07. The first-order valence-corrected chi connectivity index (χ1v) is 8.48. The van der Waals surface area contributed by atoms with Gasteiger partial charge in [0.15, 0.2) is 0 Å². The van der Waals surface area contributed by atoms with Crippen LogP contribution in [0.15, 0.2) is 53.1 Å². The number of piperazine rings is 1. The van der Waals surface area contributed by atoms with Crippen LogP contribution in [0.1, 0.15) is 11.3 Å². The summed E-state index contributed by atoms with van der Waals surface area (Å²) in [5.41, 5.74) is 1.08. The molecule has 144 valence electrons. The molecule has 1 aromatic carbocycles. The second kappa shape index (κ2) is 10.1. The lowest BCUT2D eigenvalue weighted by Gasteiger charge is -2.34. The van der Waals surface area contributed by atoms with E-state index >= 15 is 0 Å². The molecule has 1 saturated heterocycles. The third-order valence-corrected chi connectivity index (χ3v) is 4.07. The molecular formula is C19H22N2O6. The fraction of sp³-hybridized carbons (Fsp3) is 0.316. The minimum absolute atomic E-state index is 0.221. The molecule has 0 aliphatic carbocycles. The van der Waals surface area contributed by atoms with Crippen LogP contribution in [0, 0.1) is 0 Å². The van der Waals surface area contributed by atoms with Gasteiger partial charge in [0.25, 0.3) is 0 Å². The van der Waals surface area contributed by atoms with E-state index in [4.69, 9.17) is 24.2 Å². The molecule has 0 atom stereocenters. The van der Waals surface area contributed by atoms with Crippen molar-refractivity contribution < 1.29 is 29.0 Å². The fourth-order valence-corrected chi connectivity index (χ4v) is 2.66. The van der Waals surface area contributed by atoms with Crippen molar-refractivity contribution in [3.8, 4) is 0 Å². The maximum absolute atomic E-state index is 12.3. The van der Waals surface area contributed by atoms with E-state index in [-0.39, 0.29) is 5.91 Å². The number of furan rings is 1. The van der Waals surface area contributed by atoms with Crippen molar-refractivity contribution in [3.05, 3.63) is 60.1 Å². The van der Waals surface area contributed by atoms with Gasteiger partial charge in [0.1, 0.15) is 5.76 Å². The number of carboxylic acid groups (broad SMARTS) is 2. The normalized spacial score (nSPS) is 14.1. The zero-order valence-electron chi connectivity index (χ0n) is 14.8. The van der Waals surface area contributed by atoms with Crippen LogP contribution in [-0.2, 0) is 27.3 Å². The second-order valence-electron chi connectivity index (χ2n) is 6.01. The molecule has 1 fully saturated rings. The van der Waals surface area contributed by atoms with Gasteiger partial charge in [-0.2, -0.15) is 0 Å². The summed E-state index contributed by atoms with van der Waals surface area (Å²) in [6, 6.07) is 13.8. The molecule has 27 heavy (non-hydrogen) atoms. The number of amides is 1. The molecule has 0 spiro atoms. The highest BCUT2D eigenvalue weighted by Crippen LogP contribution is 2.10. The molecule has 0 unspecified atom stereocenters. The molecule has 1 amide bonds. The fourth-order valence-electron chi connectivity index (χ4n) is 2.66. The number of carboxylic acids is 2. The van der Waals surface area contributed by atoms with E-state index in [1.165, 1.54) is 0 Å². The average molecular weight is 374 g/mol. The Morgan fingerprint density at radius 3 is 2.04 bits per heavy atom. The Labute approximate surface area is 156 Å². The van der Waals surface area contributed by atoms with Gasteiger partial charge in [-0.15, -0.1) is 0 Å². The van der Waals surface area contributed by atoms with Crippen LogP contribution >= 0.6 is 0 Å². The average Bonchev–Trinajstić information content (AvgIpc) is 3.16. The van der Waals surface area contributed by atoms with Crippen LogP contribution in [0.4, 0.5) is 0 Å². The summed E-state index contributed by atoms with van der Waals surface area (Å²) in [5, 5.41) is 14.8. The molecule has 1 aliphatic heterocycles. The Balaban J connectivity index is 0.000000380. The van der Waals surface area contributed by atoms with Crippen LogP contribution in [0.2, 0.25) is 0 Å². The van der Waals surface area contributed by atoms with Gasteiger partial charge < -0.3 is 19.5 Å². The quantitative estimate of drug-likeness (QED) is 0.777. The standard InChI is InChI=1S/C17H20N2O2.C2H2O4/c20-17(13-15-5-2-1-3-6-15)19-10-8-18(9-11-19)14-16-7-4-12-21-16;3-1(4)2(5)6/h1-7,12H,8-11,13-14H2;(H,3,4)(H,5,6). The van der Waals surface area contributed by atoms with Gasteiger partial charge in [-0.3, -0.25) is 9.69 Å². The zero-order valence-corrected chi connectivity index (χ0v) is 14.8. The molecule has 8 nitrogen and oxygen atoms in total. The Hall–Kier alpha value is -3.13. The summed E-state index contributed by atoms with van der Waals surface area (Å²) < 4.78 is 5.37. The highest BCUT2D eigenvalue weighted by atomic mass is 16.4. The third kappa shape index (κ3) is 6.95. The van der Waals surface area contributed by atoms with Crippen molar-refractivity contribution in [2.24, 2.45) is 0 Å². The van der Waals surface area contributed by atoms with Gasteiger partial charge in [-0.25, -0.2) is 9.59 Å². The van der Waals surface area contributed by atoms with E-state index in [9.17, 15) is 4.79 Å². The Bertz CT molecular complexity index is 725. The summed E-state index contributed by atoms with van der Waals surface area (Å²) in [6.07, 6.45) is 2.20. The molecule has 2 heterocycles. The molecule has 2 N–H and O–H groups in total. The predicted octanol–water partition coefficient (Wildman–Crippen LogP) is 1.32. The summed E-state index contributed by atoms with van der Waals surface area (Å²) in [6.45, 7) is 4.23. The van der Waals surface area contributed by atoms with Crippen molar-refractivity contribution >= 4 is 17.8 Å². The van der Waals surface area contributed by atoms with Crippen LogP contribution in [0.3, 0.4) is 0 Å². The molecule has 2 aromatic rings. The number of nitrogens with zero attached hydrogens (tertiary/aromatic N) is 2. The van der Waals surface area contributed by atoms with E-state index in [0.29, 0.717) is 6.42 Å². The summed E-state index contributed by atoms with van der Waals surface area (Å²) in [5.74, 6) is -2.44. The first-order chi connectivity index (χ1) is 13.0. The number of carbonyl (C=O) groups excluding carboxylic acids is 1. The molecule has 1 aliphatic rings. The molecule has 3 rings (SSSR count). The van der Waals surface area contributed by atoms with Gasteiger partial charge in [0.05, 0.1) is 19.2 Å². The Kier molecular flexibility index (Phi) is 7.57. The van der Waals surface area contributed by atoms with Gasteiger partial charge >= 0.3 is 11.9 Å². The first-order valence-electron chi connectivity index (χ1n) is 8.48. The van der Waals surface area contributed by atoms with E-state index < -0.39 is 11.9 Å². The molecule has 0 bridgehead atoms. The van der Waals surface area contributed by atoms with Crippen molar-refractivity contribution in [3.63, 3.8) is 0 Å². The van der Waals surface area contributed by atoms with Crippen molar-refractivity contribution in [1.29, 1.82) is 0 Å². The number of aliphatic carboxylic acids is 2. The van der Waals surface area contributed by atoms with Crippen molar-refractivity contribution in [2.75, 3.05) is 26.2 Å². The number of carbonyl (C=O) groups is 3. The van der Waals surface area contributed by atoms with E-state index in [0.717, 1.165) is 44.0 Å². The van der Waals surface area contributed by atoms with E-state index in [2.05, 4.69) is 4.90 Å². The molecular weight excluding hydrogens is 352 g/mol. The predicted molar refractivity (Wildman–Crippen MR) is 96.0 cm³/mol. The van der Waals surface area contributed by atoms with Crippen molar-refractivity contribution in [2.45, 2.75) is 13.0 Å². The van der Waals surface area contributed by atoms with Crippen LogP contribution in [0.25, 0.3) is 0 Å². The van der Waals surface area contributed by atoms with E-state index in [1.807, 2.05) is 47.4 Å². The van der Waals surface area contributed by atoms with Gasteiger partial charge in [0.2, 0.25) is 5.91 Å². The van der Waals surface area contributed by atoms with Crippen LogP contribution in [0.5, 0.6) is 0 Å². The Morgan fingerprint density at radius 1 is 0.889 bits per heavy atom. The lowest BCUT2D eigenvalue weighted by molar-refractivity contribution is -0.159. The first kappa shape index (κ1) is 20.2. The second-order valence-corrected chi connectivity index (χ2v) is 6.01. The SMILES string of the molecule is O=C(Cc1ccccc1)N1CCN(Cc2ccco2)CC1.O=C(O)C(=O)O. The van der Waals surface area contributed by atoms with Crippen molar-refractivity contribution in [1.82, 2.24) is 9.80 Å². The maximum atomic E-state index is 12.3. The minimum Gasteiger partial charge on any atom is -0.473 e. The molecule has 0 radical (unpaired) electrons. The number of hydrogen-bond acceptors (Lipinski definition) is 5. The maximum Gasteiger partial charge on any atom is 0.414 e. The minimum atomic E-state index is -1.82. The zero-order chi connectivity index (χ0) is 19.6. The summed E-state index contributed by atoms with van der Waals surface area (Å²) in [7, 11) is 0. The van der Waals surface area contributed by atoms with Gasteiger partial charge in [0, 0.05) is 26.2 Å². The Morgan fingerprint density at radius 2 is 1.52 bits per heavy atom. The van der Waals surface area contributed by atoms with E-state index in [1.54, 1.807) is 6.26 Å². The largest absolute Gasteiger partial charge is 0.473 e. The molecule has 1 aromatic heterocycles. The lowest BCUT2D eigenvalue weighted by atomic mass is 10.1. The highest BCUT2D eigenvalue weighted by molar-refractivity contribution is 6.27.